The number of benzene rings is 1. The van der Waals surface area contributed by atoms with Gasteiger partial charge in [-0.2, -0.15) is 0 Å². The van der Waals surface area contributed by atoms with Gasteiger partial charge in [-0.05, 0) is 26.0 Å². The fraction of sp³-hybridized carbons (Fsp3) is 0.357. The molecule has 0 aromatic heterocycles. The van der Waals surface area contributed by atoms with Crippen LogP contribution in [-0.2, 0) is 18.6 Å². The molecule has 5 nitrogen and oxygen atoms in total. The maximum absolute atomic E-state index is 12.6. The van der Waals surface area contributed by atoms with Crippen molar-refractivity contribution in [3.8, 4) is 5.75 Å². The van der Waals surface area contributed by atoms with E-state index in [2.05, 4.69) is 6.58 Å². The molecule has 2 atom stereocenters. The third kappa shape index (κ3) is 5.19. The van der Waals surface area contributed by atoms with Gasteiger partial charge in [0, 0.05) is 0 Å². The first kappa shape index (κ1) is 16.5. The highest BCUT2D eigenvalue weighted by Gasteiger charge is 2.31. The largest absolute Gasteiger partial charge is 0.464 e. The number of hydrogen-bond donors (Lipinski definition) is 0. The first-order chi connectivity index (χ1) is 9.50. The van der Waals surface area contributed by atoms with Crippen LogP contribution in [0, 0.1) is 0 Å². The van der Waals surface area contributed by atoms with Gasteiger partial charge in [0.15, 0.2) is 6.10 Å². The molecule has 0 saturated carbocycles. The molecule has 20 heavy (non-hydrogen) atoms. The molecule has 1 unspecified atom stereocenters. The predicted octanol–water partition coefficient (Wildman–Crippen LogP) is 3.41. The van der Waals surface area contributed by atoms with Crippen LogP contribution in [0.1, 0.15) is 13.8 Å². The molecule has 0 N–H and O–H groups in total. The quantitative estimate of drug-likeness (QED) is 0.418. The van der Waals surface area contributed by atoms with E-state index in [-0.39, 0.29) is 12.8 Å². The average molecular weight is 298 g/mol. The van der Waals surface area contributed by atoms with Crippen LogP contribution in [0.5, 0.6) is 5.75 Å². The number of carbonyl (C=O) groups is 1. The van der Waals surface area contributed by atoms with Crippen molar-refractivity contribution in [3.63, 3.8) is 0 Å². The average Bonchev–Trinajstić information content (AvgIpc) is 2.40. The van der Waals surface area contributed by atoms with Crippen molar-refractivity contribution in [1.82, 2.24) is 0 Å². The van der Waals surface area contributed by atoms with Crippen molar-refractivity contribution in [3.05, 3.63) is 43.0 Å². The van der Waals surface area contributed by atoms with Gasteiger partial charge < -0.3 is 9.26 Å². The Balaban J connectivity index is 2.78. The van der Waals surface area contributed by atoms with E-state index >= 15 is 0 Å². The Morgan fingerprint density at radius 1 is 1.40 bits per heavy atom. The number of allylic oxidation sites excluding steroid dienone is 1. The second-order valence-corrected chi connectivity index (χ2v) is 5.97. The van der Waals surface area contributed by atoms with E-state index in [0.717, 1.165) is 0 Å². The molecule has 0 saturated heterocycles. The van der Waals surface area contributed by atoms with E-state index in [0.29, 0.717) is 5.75 Å². The molecule has 0 aliphatic rings. The van der Waals surface area contributed by atoms with Crippen LogP contribution in [0.3, 0.4) is 0 Å². The number of esters is 1. The molecule has 0 amide bonds. The van der Waals surface area contributed by atoms with Gasteiger partial charge in [-0.25, -0.2) is 9.36 Å². The van der Waals surface area contributed by atoms with Crippen molar-refractivity contribution >= 4 is 13.6 Å². The summed E-state index contributed by atoms with van der Waals surface area (Å²) in [5.74, 6) is -0.165. The second kappa shape index (κ2) is 7.88. The highest BCUT2D eigenvalue weighted by atomic mass is 31.2. The van der Waals surface area contributed by atoms with E-state index in [4.69, 9.17) is 13.8 Å². The Morgan fingerprint density at radius 2 is 2.05 bits per heavy atom. The second-order valence-electron chi connectivity index (χ2n) is 3.99. The number of carbonyl (C=O) groups excluding carboxylic acids is 1. The fourth-order valence-electron chi connectivity index (χ4n) is 1.45. The molecular weight excluding hydrogens is 279 g/mol. The summed E-state index contributed by atoms with van der Waals surface area (Å²) >= 11 is 0. The summed E-state index contributed by atoms with van der Waals surface area (Å²) in [5, 5.41) is 0. The van der Waals surface area contributed by atoms with E-state index in [1.54, 1.807) is 31.2 Å². The van der Waals surface area contributed by atoms with Crippen molar-refractivity contribution in [1.29, 1.82) is 0 Å². The Hall–Kier alpha value is -1.58. The Morgan fingerprint density at radius 3 is 2.60 bits per heavy atom. The molecule has 0 heterocycles. The maximum atomic E-state index is 12.6. The summed E-state index contributed by atoms with van der Waals surface area (Å²) in [6.45, 7) is 6.92. The van der Waals surface area contributed by atoms with Crippen LogP contribution in [-0.4, -0.2) is 24.8 Å². The first-order valence-electron chi connectivity index (χ1n) is 6.30. The van der Waals surface area contributed by atoms with Crippen LogP contribution in [0.25, 0.3) is 0 Å². The van der Waals surface area contributed by atoms with Gasteiger partial charge in [0.2, 0.25) is 0 Å². The molecule has 0 fully saturated rings. The molecule has 1 aromatic carbocycles. The minimum absolute atomic E-state index is 0.00559. The monoisotopic (exact) mass is 298 g/mol. The van der Waals surface area contributed by atoms with Crippen LogP contribution in [0.15, 0.2) is 43.0 Å². The van der Waals surface area contributed by atoms with Gasteiger partial charge in [0.1, 0.15) is 5.75 Å². The number of para-hydroxylation sites is 1. The topological polar surface area (TPSA) is 61.8 Å². The fourth-order valence-corrected chi connectivity index (χ4v) is 2.98. The van der Waals surface area contributed by atoms with Gasteiger partial charge in [-0.15, -0.1) is 6.58 Å². The van der Waals surface area contributed by atoms with Gasteiger partial charge in [-0.1, -0.05) is 24.3 Å². The molecule has 6 heteroatoms. The van der Waals surface area contributed by atoms with Crippen LogP contribution >= 0.6 is 7.60 Å². The third-order valence-corrected chi connectivity index (χ3v) is 4.11. The zero-order valence-corrected chi connectivity index (χ0v) is 12.5. The number of rotatable bonds is 8. The highest BCUT2D eigenvalue weighted by molar-refractivity contribution is 7.54. The smallest absolute Gasteiger partial charge is 0.383 e. The van der Waals surface area contributed by atoms with Crippen LogP contribution < -0.4 is 4.52 Å². The normalized spacial score (nSPS) is 14.9. The minimum Gasteiger partial charge on any atom is -0.464 e. The molecule has 0 spiro atoms. The molecule has 1 aromatic rings. The molecule has 110 valence electrons. The van der Waals surface area contributed by atoms with Crippen LogP contribution in [0.4, 0.5) is 0 Å². The predicted molar refractivity (Wildman–Crippen MR) is 76.9 cm³/mol. The van der Waals surface area contributed by atoms with E-state index in [9.17, 15) is 9.36 Å². The van der Waals surface area contributed by atoms with Gasteiger partial charge in [-0.3, -0.25) is 4.52 Å². The lowest BCUT2D eigenvalue weighted by Gasteiger charge is -2.21. The van der Waals surface area contributed by atoms with Crippen molar-refractivity contribution in [2.24, 2.45) is 0 Å². The van der Waals surface area contributed by atoms with Gasteiger partial charge in [0.25, 0.3) is 0 Å². The summed E-state index contributed by atoms with van der Waals surface area (Å²) in [7, 11) is -3.49. The van der Waals surface area contributed by atoms with Crippen molar-refractivity contribution in [2.75, 3.05) is 12.8 Å². The van der Waals surface area contributed by atoms with Gasteiger partial charge >= 0.3 is 13.6 Å². The maximum Gasteiger partial charge on any atom is 0.383 e. The highest BCUT2D eigenvalue weighted by Crippen LogP contribution is 2.49. The first-order valence-corrected chi connectivity index (χ1v) is 8.03. The van der Waals surface area contributed by atoms with Crippen molar-refractivity contribution < 1.29 is 23.1 Å². The summed E-state index contributed by atoms with van der Waals surface area (Å²) in [4.78, 5) is 11.5. The zero-order valence-electron chi connectivity index (χ0n) is 11.7. The van der Waals surface area contributed by atoms with E-state index < -0.39 is 19.7 Å². The number of ether oxygens (including phenoxy) is 1. The molecule has 0 aliphatic heterocycles. The summed E-state index contributed by atoms with van der Waals surface area (Å²) in [5.41, 5.74) is 0. The zero-order chi connectivity index (χ0) is 15.0. The lowest BCUT2D eigenvalue weighted by Crippen LogP contribution is -2.23. The third-order valence-electron chi connectivity index (χ3n) is 2.28. The molecule has 1 rings (SSSR count). The van der Waals surface area contributed by atoms with E-state index in [1.165, 1.54) is 13.0 Å². The van der Waals surface area contributed by atoms with Gasteiger partial charge in [0.05, 0.1) is 12.8 Å². The summed E-state index contributed by atoms with van der Waals surface area (Å²) in [6.07, 6.45) is 0.470. The standard InChI is InChI=1S/C14H19O5P/c1-4-11-20(16,18-12(3)14(15)17-5-2)19-13-9-7-6-8-10-13/h4,6-10,12H,1,5,11H2,2-3H3/t12-,20?/m1/s1. The molecule has 0 radical (unpaired) electrons. The van der Waals surface area contributed by atoms with Crippen molar-refractivity contribution in [2.45, 2.75) is 20.0 Å². The lowest BCUT2D eigenvalue weighted by atomic mass is 10.3. The summed E-state index contributed by atoms with van der Waals surface area (Å²) in [6, 6.07) is 8.64. The lowest BCUT2D eigenvalue weighted by molar-refractivity contribution is -0.150. The molecule has 0 bridgehead atoms. The Labute approximate surface area is 119 Å². The SMILES string of the molecule is C=CCP(=O)(Oc1ccccc1)O[C@H](C)C(=O)OCC. The Kier molecular flexibility index (Phi) is 6.49. The molecular formula is C14H19O5P. The number of hydrogen-bond acceptors (Lipinski definition) is 5. The summed E-state index contributed by atoms with van der Waals surface area (Å²) < 4.78 is 28.1. The molecule has 0 aliphatic carbocycles. The van der Waals surface area contributed by atoms with Crippen LogP contribution in [0.2, 0.25) is 0 Å². The minimum atomic E-state index is -3.49. The Bertz CT molecular complexity index is 486. The van der Waals surface area contributed by atoms with E-state index in [1.807, 2.05) is 6.07 Å².